The van der Waals surface area contributed by atoms with Crippen LogP contribution in [0.25, 0.3) is 0 Å². The number of ether oxygens (including phenoxy) is 1. The Morgan fingerprint density at radius 1 is 1.22 bits per heavy atom. The molecule has 1 amide bonds. The summed E-state index contributed by atoms with van der Waals surface area (Å²) in [5, 5.41) is 3.15. The van der Waals surface area contributed by atoms with E-state index < -0.39 is 15.8 Å². The zero-order valence-electron chi connectivity index (χ0n) is 16.1. The Labute approximate surface area is 161 Å². The van der Waals surface area contributed by atoms with Crippen molar-refractivity contribution in [1.29, 1.82) is 0 Å². The van der Waals surface area contributed by atoms with Crippen molar-refractivity contribution < 1.29 is 17.9 Å². The van der Waals surface area contributed by atoms with Gasteiger partial charge in [-0.2, -0.15) is 0 Å². The van der Waals surface area contributed by atoms with E-state index in [1.165, 1.54) is 25.7 Å². The van der Waals surface area contributed by atoms with Crippen LogP contribution in [0.3, 0.4) is 0 Å². The normalized spacial score (nSPS) is 29.0. The number of sulfone groups is 1. The summed E-state index contributed by atoms with van der Waals surface area (Å²) in [5.41, 5.74) is 6.15. The monoisotopic (exact) mass is 394 g/mol. The van der Waals surface area contributed by atoms with Crippen LogP contribution in [0.5, 0.6) is 5.75 Å². The number of carbonyl (C=O) groups excluding carboxylic acids is 1. The standard InChI is InChI=1S/C20H30N2O4S/c1-13(12-27(24,25)18-8-6-17(26-2)7-9-18)20(23)22-19-14-4-3-5-15(19)11-16(21)10-14/h6-9,13-16,19H,3-5,10-12,21H2,1-2H3,(H,22,23). The molecular weight excluding hydrogens is 364 g/mol. The van der Waals surface area contributed by atoms with Gasteiger partial charge in [-0.25, -0.2) is 8.42 Å². The minimum absolute atomic E-state index is 0.136. The molecule has 3 rings (SSSR count). The highest BCUT2D eigenvalue weighted by molar-refractivity contribution is 7.91. The van der Waals surface area contributed by atoms with Gasteiger partial charge in [0.05, 0.1) is 17.8 Å². The van der Waals surface area contributed by atoms with Crippen molar-refractivity contribution in [2.75, 3.05) is 12.9 Å². The molecule has 0 aliphatic heterocycles. The fourth-order valence-electron chi connectivity index (χ4n) is 4.62. The van der Waals surface area contributed by atoms with Crippen LogP contribution in [0, 0.1) is 17.8 Å². The highest BCUT2D eigenvalue weighted by Crippen LogP contribution is 2.39. The number of carbonyl (C=O) groups is 1. The summed E-state index contributed by atoms with van der Waals surface area (Å²) in [6.07, 6.45) is 5.26. The second kappa shape index (κ2) is 8.19. The molecule has 2 bridgehead atoms. The largest absolute Gasteiger partial charge is 0.497 e. The van der Waals surface area contributed by atoms with Crippen LogP contribution in [-0.2, 0) is 14.6 Å². The highest BCUT2D eigenvalue weighted by atomic mass is 32.2. The molecule has 2 aliphatic carbocycles. The van der Waals surface area contributed by atoms with Gasteiger partial charge in [0.25, 0.3) is 0 Å². The van der Waals surface area contributed by atoms with Crippen LogP contribution in [0.4, 0.5) is 0 Å². The van der Waals surface area contributed by atoms with Crippen molar-refractivity contribution in [1.82, 2.24) is 5.32 Å². The van der Waals surface area contributed by atoms with Gasteiger partial charge in [-0.1, -0.05) is 13.3 Å². The Morgan fingerprint density at radius 2 is 1.81 bits per heavy atom. The van der Waals surface area contributed by atoms with Crippen molar-refractivity contribution in [3.63, 3.8) is 0 Å². The van der Waals surface area contributed by atoms with Crippen molar-refractivity contribution in [3.8, 4) is 5.75 Å². The van der Waals surface area contributed by atoms with E-state index in [-0.39, 0.29) is 28.6 Å². The van der Waals surface area contributed by atoms with Gasteiger partial charge in [-0.3, -0.25) is 4.79 Å². The summed E-state index contributed by atoms with van der Waals surface area (Å²) >= 11 is 0. The molecular formula is C20H30N2O4S. The number of methoxy groups -OCH3 is 1. The van der Waals surface area contributed by atoms with Crippen LogP contribution in [0.15, 0.2) is 29.2 Å². The summed E-state index contributed by atoms with van der Waals surface area (Å²) in [6.45, 7) is 1.68. The van der Waals surface area contributed by atoms with Crippen molar-refractivity contribution in [3.05, 3.63) is 24.3 Å². The van der Waals surface area contributed by atoms with Crippen LogP contribution in [0.2, 0.25) is 0 Å². The lowest BCUT2D eigenvalue weighted by molar-refractivity contribution is -0.126. The molecule has 2 fully saturated rings. The van der Waals surface area contributed by atoms with Gasteiger partial charge in [0, 0.05) is 18.0 Å². The van der Waals surface area contributed by atoms with Crippen LogP contribution >= 0.6 is 0 Å². The molecule has 2 saturated carbocycles. The van der Waals surface area contributed by atoms with Gasteiger partial charge in [-0.15, -0.1) is 0 Å². The minimum atomic E-state index is -3.53. The number of hydrogen-bond donors (Lipinski definition) is 2. The second-order valence-corrected chi connectivity index (χ2v) is 10.1. The van der Waals surface area contributed by atoms with E-state index in [2.05, 4.69) is 5.32 Å². The lowest BCUT2D eigenvalue weighted by Gasteiger charge is -2.45. The van der Waals surface area contributed by atoms with E-state index >= 15 is 0 Å². The number of nitrogens with two attached hydrogens (primary N) is 1. The third kappa shape index (κ3) is 4.63. The molecule has 0 saturated heterocycles. The maximum absolute atomic E-state index is 12.7. The van der Waals surface area contributed by atoms with Crippen molar-refractivity contribution in [2.45, 2.75) is 56.0 Å². The number of amides is 1. The van der Waals surface area contributed by atoms with Crippen LogP contribution in [0.1, 0.15) is 39.0 Å². The fourth-order valence-corrected chi connectivity index (χ4v) is 6.17. The number of rotatable bonds is 6. The van der Waals surface area contributed by atoms with Gasteiger partial charge in [0.15, 0.2) is 9.84 Å². The van der Waals surface area contributed by atoms with Crippen LogP contribution < -0.4 is 15.8 Å². The summed E-state index contributed by atoms with van der Waals surface area (Å²) in [4.78, 5) is 12.9. The molecule has 3 atom stereocenters. The summed E-state index contributed by atoms with van der Waals surface area (Å²) in [7, 11) is -2.00. The number of fused-ring (bicyclic) bond motifs is 2. The first-order valence-corrected chi connectivity index (χ1v) is 11.4. The number of benzene rings is 1. The zero-order chi connectivity index (χ0) is 19.6. The Balaban J connectivity index is 1.63. The molecule has 0 spiro atoms. The molecule has 27 heavy (non-hydrogen) atoms. The molecule has 3 unspecified atom stereocenters. The second-order valence-electron chi connectivity index (χ2n) is 8.07. The predicted molar refractivity (Wildman–Crippen MR) is 104 cm³/mol. The van der Waals surface area contributed by atoms with E-state index in [0.717, 1.165) is 25.7 Å². The first kappa shape index (κ1) is 20.1. The summed E-state index contributed by atoms with van der Waals surface area (Å²) < 4.78 is 30.3. The van der Waals surface area contributed by atoms with E-state index in [1.54, 1.807) is 19.1 Å². The van der Waals surface area contributed by atoms with Gasteiger partial charge in [0.2, 0.25) is 5.91 Å². The molecule has 2 aliphatic rings. The Morgan fingerprint density at radius 3 is 2.37 bits per heavy atom. The molecule has 150 valence electrons. The highest BCUT2D eigenvalue weighted by Gasteiger charge is 2.40. The quantitative estimate of drug-likeness (QED) is 0.770. The average molecular weight is 395 g/mol. The van der Waals surface area contributed by atoms with Gasteiger partial charge in [0.1, 0.15) is 5.75 Å². The third-order valence-corrected chi connectivity index (χ3v) is 7.95. The maximum Gasteiger partial charge on any atom is 0.224 e. The van der Waals surface area contributed by atoms with E-state index in [0.29, 0.717) is 17.6 Å². The fraction of sp³-hybridized carbons (Fsp3) is 0.650. The predicted octanol–water partition coefficient (Wildman–Crippen LogP) is 2.13. The third-order valence-electron chi connectivity index (χ3n) is 6.02. The first-order valence-electron chi connectivity index (χ1n) is 9.73. The Kier molecular flexibility index (Phi) is 6.11. The SMILES string of the molecule is COc1ccc(S(=O)(=O)CC(C)C(=O)NC2C3CCCC2CC(N)C3)cc1. The molecule has 3 N–H and O–H groups in total. The average Bonchev–Trinajstić information content (AvgIpc) is 2.62. The lowest BCUT2D eigenvalue weighted by atomic mass is 9.67. The number of hydrogen-bond acceptors (Lipinski definition) is 5. The smallest absolute Gasteiger partial charge is 0.224 e. The van der Waals surface area contributed by atoms with E-state index in [4.69, 9.17) is 10.5 Å². The molecule has 1 aromatic rings. The minimum Gasteiger partial charge on any atom is -0.497 e. The van der Waals surface area contributed by atoms with E-state index in [9.17, 15) is 13.2 Å². The zero-order valence-corrected chi connectivity index (χ0v) is 16.9. The van der Waals surface area contributed by atoms with Gasteiger partial charge < -0.3 is 15.8 Å². The van der Waals surface area contributed by atoms with Crippen LogP contribution in [-0.4, -0.2) is 39.3 Å². The van der Waals surface area contributed by atoms with E-state index in [1.807, 2.05) is 0 Å². The lowest BCUT2D eigenvalue weighted by Crippen LogP contribution is -2.54. The van der Waals surface area contributed by atoms with Crippen molar-refractivity contribution in [2.24, 2.45) is 23.5 Å². The first-order chi connectivity index (χ1) is 12.8. The topological polar surface area (TPSA) is 98.5 Å². The molecule has 0 aromatic heterocycles. The Hall–Kier alpha value is -1.60. The Bertz CT molecular complexity index is 749. The summed E-state index contributed by atoms with van der Waals surface area (Å²) in [5.74, 6) is 0.454. The molecule has 0 radical (unpaired) electrons. The molecule has 6 nitrogen and oxygen atoms in total. The molecule has 0 heterocycles. The summed E-state index contributed by atoms with van der Waals surface area (Å²) in [6, 6.07) is 6.63. The molecule has 7 heteroatoms. The number of nitrogens with one attached hydrogen (secondary N) is 1. The van der Waals surface area contributed by atoms with Gasteiger partial charge in [-0.05, 0) is 61.8 Å². The van der Waals surface area contributed by atoms with Crippen molar-refractivity contribution >= 4 is 15.7 Å². The molecule has 1 aromatic carbocycles. The maximum atomic E-state index is 12.7. The van der Waals surface area contributed by atoms with Gasteiger partial charge >= 0.3 is 0 Å².